The quantitative estimate of drug-likeness (QED) is 0.522. The van der Waals surface area contributed by atoms with E-state index in [1.54, 1.807) is 6.07 Å². The smallest absolute Gasteiger partial charge is 0.269 e. The number of benzene rings is 2. The summed E-state index contributed by atoms with van der Waals surface area (Å²) in [7, 11) is 0. The van der Waals surface area contributed by atoms with Crippen LogP contribution < -0.4 is 10.6 Å². The predicted octanol–water partition coefficient (Wildman–Crippen LogP) is 3.92. The van der Waals surface area contributed by atoms with Gasteiger partial charge in [0.2, 0.25) is 11.8 Å². The van der Waals surface area contributed by atoms with E-state index in [2.05, 4.69) is 16.7 Å². The van der Waals surface area contributed by atoms with E-state index in [1.807, 2.05) is 32.0 Å². The summed E-state index contributed by atoms with van der Waals surface area (Å²) in [4.78, 5) is 35.2. The van der Waals surface area contributed by atoms with Crippen LogP contribution in [0.4, 0.5) is 11.4 Å². The number of rotatable bonds is 6. The normalized spacial score (nSPS) is 15.8. The summed E-state index contributed by atoms with van der Waals surface area (Å²) in [6.45, 7) is 3.94. The van der Waals surface area contributed by atoms with Crippen molar-refractivity contribution in [2.24, 2.45) is 0 Å². The Morgan fingerprint density at radius 3 is 2.74 bits per heavy atom. The summed E-state index contributed by atoms with van der Waals surface area (Å²) in [5.41, 5.74) is 3.53. The van der Waals surface area contributed by atoms with Gasteiger partial charge in [0.05, 0.1) is 27.3 Å². The number of nitro benzene ring substituents is 1. The van der Waals surface area contributed by atoms with E-state index in [9.17, 15) is 25.0 Å². The average Bonchev–Trinajstić information content (AvgIpc) is 2.74. The monoisotopic (exact) mass is 436 g/mol. The Bertz CT molecular complexity index is 1140. The number of hydrogen-bond acceptors (Lipinski definition) is 6. The maximum atomic E-state index is 12.4. The largest absolute Gasteiger partial charge is 0.325 e. The van der Waals surface area contributed by atoms with Crippen molar-refractivity contribution in [2.45, 2.75) is 26.2 Å². The van der Waals surface area contributed by atoms with E-state index in [0.717, 1.165) is 22.9 Å². The molecular weight excluding hydrogens is 416 g/mol. The molecule has 0 saturated heterocycles. The van der Waals surface area contributed by atoms with E-state index >= 15 is 0 Å². The first-order valence-electron chi connectivity index (χ1n) is 9.47. The highest BCUT2D eigenvalue weighted by Crippen LogP contribution is 2.36. The second kappa shape index (κ2) is 9.45. The standard InChI is InChI=1S/C22H20N4O4S/c1-13-6-7-16(8-14(13)2)24-21(28)12-31-22-19(11-23)18(10-20(27)25-22)15-4-3-5-17(9-15)26(29)30/h3-9,18H,10,12H2,1-2H3,(H,24,28)(H,25,27)/t18-/m1/s1. The second-order valence-corrected chi connectivity index (χ2v) is 8.13. The van der Waals surface area contributed by atoms with E-state index in [-0.39, 0.29) is 35.2 Å². The summed E-state index contributed by atoms with van der Waals surface area (Å²) in [5.74, 6) is -1.20. The van der Waals surface area contributed by atoms with Gasteiger partial charge in [-0.15, -0.1) is 0 Å². The summed E-state index contributed by atoms with van der Waals surface area (Å²) >= 11 is 1.06. The average molecular weight is 436 g/mol. The van der Waals surface area contributed by atoms with Gasteiger partial charge in [0.25, 0.3) is 5.69 Å². The Kier molecular flexibility index (Phi) is 6.72. The third-order valence-electron chi connectivity index (χ3n) is 4.98. The highest BCUT2D eigenvalue weighted by Gasteiger charge is 2.30. The van der Waals surface area contributed by atoms with Crippen molar-refractivity contribution >= 4 is 35.0 Å². The minimum absolute atomic E-state index is 0.00294. The molecule has 158 valence electrons. The molecule has 31 heavy (non-hydrogen) atoms. The van der Waals surface area contributed by atoms with E-state index in [0.29, 0.717) is 16.3 Å². The number of hydrogen-bond donors (Lipinski definition) is 2. The van der Waals surface area contributed by atoms with Gasteiger partial charge >= 0.3 is 0 Å². The van der Waals surface area contributed by atoms with Gasteiger partial charge in [-0.1, -0.05) is 30.0 Å². The van der Waals surface area contributed by atoms with Crippen molar-refractivity contribution < 1.29 is 14.5 Å². The zero-order valence-electron chi connectivity index (χ0n) is 17.0. The number of nitro groups is 1. The van der Waals surface area contributed by atoms with Crippen molar-refractivity contribution in [3.05, 3.63) is 79.9 Å². The number of nitriles is 1. The summed E-state index contributed by atoms with van der Waals surface area (Å²) in [6, 6.07) is 13.6. The second-order valence-electron chi connectivity index (χ2n) is 7.15. The number of anilines is 1. The molecular formula is C22H20N4O4S. The first-order chi connectivity index (χ1) is 14.8. The molecule has 9 heteroatoms. The molecule has 1 atom stereocenters. The minimum atomic E-state index is -0.607. The first kappa shape index (κ1) is 22.1. The Morgan fingerprint density at radius 2 is 2.06 bits per heavy atom. The van der Waals surface area contributed by atoms with Gasteiger partial charge in [-0.3, -0.25) is 19.7 Å². The number of non-ortho nitro benzene ring substituents is 1. The maximum absolute atomic E-state index is 12.4. The molecule has 8 nitrogen and oxygen atoms in total. The SMILES string of the molecule is Cc1ccc(NC(=O)CSC2=C(C#N)[C@@H](c3cccc([N+](=O)[O-])c3)CC(=O)N2)cc1C. The third-order valence-corrected chi connectivity index (χ3v) is 5.99. The number of carbonyl (C=O) groups is 2. The highest BCUT2D eigenvalue weighted by molar-refractivity contribution is 8.03. The zero-order chi connectivity index (χ0) is 22.5. The molecule has 2 aromatic rings. The molecule has 0 bridgehead atoms. The number of amides is 2. The van der Waals surface area contributed by atoms with Crippen LogP contribution in [-0.4, -0.2) is 22.5 Å². The number of aryl methyl sites for hydroxylation is 2. The van der Waals surface area contributed by atoms with Crippen LogP contribution in [0.5, 0.6) is 0 Å². The molecule has 1 aliphatic heterocycles. The van der Waals surface area contributed by atoms with Crippen molar-refractivity contribution in [3.8, 4) is 6.07 Å². The van der Waals surface area contributed by atoms with Gasteiger partial charge in [0.15, 0.2) is 0 Å². The van der Waals surface area contributed by atoms with Crippen LogP contribution in [0.25, 0.3) is 0 Å². The van der Waals surface area contributed by atoms with Crippen molar-refractivity contribution in [2.75, 3.05) is 11.1 Å². The first-order valence-corrected chi connectivity index (χ1v) is 10.5. The molecule has 3 rings (SSSR count). The fourth-order valence-corrected chi connectivity index (χ4v) is 4.10. The number of thioether (sulfide) groups is 1. The molecule has 1 aliphatic rings. The van der Waals surface area contributed by atoms with Gasteiger partial charge < -0.3 is 10.6 Å². The summed E-state index contributed by atoms with van der Waals surface area (Å²) in [6.07, 6.45) is 0.00294. The van der Waals surface area contributed by atoms with Crippen LogP contribution in [0, 0.1) is 35.3 Å². The van der Waals surface area contributed by atoms with Gasteiger partial charge in [-0.05, 0) is 42.7 Å². The van der Waals surface area contributed by atoms with Crippen LogP contribution in [0.15, 0.2) is 53.1 Å². The molecule has 0 fully saturated rings. The van der Waals surface area contributed by atoms with E-state index < -0.39 is 10.8 Å². The lowest BCUT2D eigenvalue weighted by molar-refractivity contribution is -0.384. The van der Waals surface area contributed by atoms with E-state index in [1.165, 1.54) is 18.2 Å². The Labute approximate surface area is 183 Å². The number of carbonyl (C=O) groups excluding carboxylic acids is 2. The minimum Gasteiger partial charge on any atom is -0.325 e. The fourth-order valence-electron chi connectivity index (χ4n) is 3.23. The number of allylic oxidation sites excluding steroid dienone is 1. The Hall–Kier alpha value is -3.64. The molecule has 2 amide bonds. The van der Waals surface area contributed by atoms with Crippen LogP contribution in [0.3, 0.4) is 0 Å². The van der Waals surface area contributed by atoms with Crippen molar-refractivity contribution in [1.29, 1.82) is 5.26 Å². The predicted molar refractivity (Wildman–Crippen MR) is 118 cm³/mol. The number of nitrogens with zero attached hydrogens (tertiary/aromatic N) is 2. The Morgan fingerprint density at radius 1 is 1.29 bits per heavy atom. The molecule has 0 unspecified atom stereocenters. The molecule has 2 aromatic carbocycles. The molecule has 0 aromatic heterocycles. The lowest BCUT2D eigenvalue weighted by Gasteiger charge is -2.24. The Balaban J connectivity index is 1.78. The van der Waals surface area contributed by atoms with Gasteiger partial charge in [0, 0.05) is 30.2 Å². The van der Waals surface area contributed by atoms with E-state index in [4.69, 9.17) is 0 Å². The zero-order valence-corrected chi connectivity index (χ0v) is 17.8. The highest BCUT2D eigenvalue weighted by atomic mass is 32.2. The van der Waals surface area contributed by atoms with Crippen LogP contribution in [-0.2, 0) is 9.59 Å². The van der Waals surface area contributed by atoms with Crippen molar-refractivity contribution in [1.82, 2.24) is 5.32 Å². The molecule has 0 spiro atoms. The van der Waals surface area contributed by atoms with Crippen LogP contribution >= 0.6 is 11.8 Å². The summed E-state index contributed by atoms with van der Waals surface area (Å²) < 4.78 is 0. The van der Waals surface area contributed by atoms with Crippen LogP contribution in [0.2, 0.25) is 0 Å². The fraction of sp³-hybridized carbons (Fsp3) is 0.227. The molecule has 0 saturated carbocycles. The topological polar surface area (TPSA) is 125 Å². The molecule has 1 heterocycles. The molecule has 0 radical (unpaired) electrons. The lowest BCUT2D eigenvalue weighted by atomic mass is 9.87. The summed E-state index contributed by atoms with van der Waals surface area (Å²) in [5, 5.41) is 26.5. The molecule has 0 aliphatic carbocycles. The maximum Gasteiger partial charge on any atom is 0.269 e. The third kappa shape index (κ3) is 5.29. The van der Waals surface area contributed by atoms with Crippen LogP contribution in [0.1, 0.15) is 29.0 Å². The molecule has 2 N–H and O–H groups in total. The van der Waals surface area contributed by atoms with Crippen molar-refractivity contribution in [3.63, 3.8) is 0 Å². The lowest BCUT2D eigenvalue weighted by Crippen LogP contribution is -2.31. The number of nitrogens with one attached hydrogen (secondary N) is 2. The van der Waals surface area contributed by atoms with Gasteiger partial charge in [-0.2, -0.15) is 5.26 Å². The van der Waals surface area contributed by atoms with Gasteiger partial charge in [0.1, 0.15) is 0 Å². The van der Waals surface area contributed by atoms with Gasteiger partial charge in [-0.25, -0.2) is 0 Å².